The summed E-state index contributed by atoms with van der Waals surface area (Å²) >= 11 is 0. The van der Waals surface area contributed by atoms with Crippen LogP contribution in [0.15, 0.2) is 30.3 Å². The van der Waals surface area contributed by atoms with Crippen molar-refractivity contribution < 1.29 is 28.8 Å². The molecular formula is C15H20O6. The van der Waals surface area contributed by atoms with Crippen LogP contribution in [0.2, 0.25) is 0 Å². The number of hydrogen-bond donors (Lipinski definition) is 1. The van der Waals surface area contributed by atoms with E-state index in [4.69, 9.17) is 18.9 Å². The first-order valence-corrected chi connectivity index (χ1v) is 6.73. The zero-order valence-corrected chi connectivity index (χ0v) is 12.3. The molecule has 6 nitrogen and oxygen atoms in total. The number of ether oxygens (including phenoxy) is 4. The number of esters is 1. The molecule has 0 radical (unpaired) electrons. The summed E-state index contributed by atoms with van der Waals surface area (Å²) in [7, 11) is 2.88. The monoisotopic (exact) mass is 296 g/mol. The number of carbonyl (C=O) groups excluding carboxylic acids is 1. The average molecular weight is 296 g/mol. The molecule has 0 aromatic heterocycles. The molecule has 1 aliphatic rings. The molecular weight excluding hydrogens is 276 g/mol. The Kier molecular flexibility index (Phi) is 5.30. The standard InChI is InChI=1S/C15H20O6/c1-9-12(13(18-2)11(16)15(19-3)20-9)21-14(17)10-7-5-4-6-8-10/h4-9,11-13,15-16H,1-3H3. The van der Waals surface area contributed by atoms with E-state index in [1.807, 2.05) is 6.07 Å². The number of aliphatic hydroxyl groups excluding tert-OH is 1. The van der Waals surface area contributed by atoms with Crippen LogP contribution in [0.25, 0.3) is 0 Å². The molecule has 0 amide bonds. The van der Waals surface area contributed by atoms with Gasteiger partial charge >= 0.3 is 5.97 Å². The second-order valence-corrected chi connectivity index (χ2v) is 4.87. The van der Waals surface area contributed by atoms with E-state index in [-0.39, 0.29) is 0 Å². The van der Waals surface area contributed by atoms with E-state index < -0.39 is 36.7 Å². The topological polar surface area (TPSA) is 74.2 Å². The highest BCUT2D eigenvalue weighted by Gasteiger charge is 2.46. The molecule has 1 N–H and O–H groups in total. The van der Waals surface area contributed by atoms with Gasteiger partial charge in [-0.25, -0.2) is 4.79 Å². The molecule has 1 saturated heterocycles. The SMILES string of the molecule is COC1OC(C)C(OC(=O)c2ccccc2)C(OC)C1O. The van der Waals surface area contributed by atoms with Crippen molar-refractivity contribution in [3.63, 3.8) is 0 Å². The molecule has 1 aromatic carbocycles. The zero-order valence-electron chi connectivity index (χ0n) is 12.3. The van der Waals surface area contributed by atoms with E-state index in [0.29, 0.717) is 5.56 Å². The van der Waals surface area contributed by atoms with Gasteiger partial charge in [0, 0.05) is 14.2 Å². The Hall–Kier alpha value is -1.47. The number of aliphatic hydroxyl groups is 1. The van der Waals surface area contributed by atoms with Crippen LogP contribution in [-0.2, 0) is 18.9 Å². The Morgan fingerprint density at radius 1 is 1.14 bits per heavy atom. The van der Waals surface area contributed by atoms with Crippen LogP contribution in [0.5, 0.6) is 0 Å². The maximum atomic E-state index is 12.1. The van der Waals surface area contributed by atoms with Crippen LogP contribution in [-0.4, -0.2) is 56.0 Å². The Labute approximate surface area is 123 Å². The molecule has 1 heterocycles. The van der Waals surface area contributed by atoms with Crippen LogP contribution in [0.3, 0.4) is 0 Å². The maximum absolute atomic E-state index is 12.1. The zero-order chi connectivity index (χ0) is 15.4. The van der Waals surface area contributed by atoms with Crippen molar-refractivity contribution in [1.82, 2.24) is 0 Å². The summed E-state index contributed by atoms with van der Waals surface area (Å²) in [6.07, 6.45) is -3.74. The highest BCUT2D eigenvalue weighted by molar-refractivity contribution is 5.89. The summed E-state index contributed by atoms with van der Waals surface area (Å²) in [6, 6.07) is 8.63. The van der Waals surface area contributed by atoms with Crippen LogP contribution in [0, 0.1) is 0 Å². The highest BCUT2D eigenvalue weighted by Crippen LogP contribution is 2.26. The van der Waals surface area contributed by atoms with Gasteiger partial charge in [-0.1, -0.05) is 18.2 Å². The van der Waals surface area contributed by atoms with Crippen molar-refractivity contribution in [3.05, 3.63) is 35.9 Å². The first kappa shape index (κ1) is 15.9. The third-order valence-electron chi connectivity index (χ3n) is 3.51. The lowest BCUT2D eigenvalue weighted by Gasteiger charge is -2.41. The number of methoxy groups -OCH3 is 2. The fraction of sp³-hybridized carbons (Fsp3) is 0.533. The minimum absolute atomic E-state index is 0.433. The second kappa shape index (κ2) is 7.00. The minimum Gasteiger partial charge on any atom is -0.453 e. The molecule has 5 unspecified atom stereocenters. The largest absolute Gasteiger partial charge is 0.453 e. The third kappa shape index (κ3) is 3.41. The lowest BCUT2D eigenvalue weighted by atomic mass is 9.99. The molecule has 0 aliphatic carbocycles. The Balaban J connectivity index is 2.12. The molecule has 6 heteroatoms. The molecule has 1 aliphatic heterocycles. The van der Waals surface area contributed by atoms with Crippen molar-refractivity contribution in [2.45, 2.75) is 37.6 Å². The van der Waals surface area contributed by atoms with Gasteiger partial charge in [0.05, 0.1) is 11.7 Å². The number of rotatable bonds is 4. The quantitative estimate of drug-likeness (QED) is 0.835. The van der Waals surface area contributed by atoms with Gasteiger partial charge in [0.15, 0.2) is 12.4 Å². The van der Waals surface area contributed by atoms with Gasteiger partial charge in [-0.2, -0.15) is 0 Å². The third-order valence-corrected chi connectivity index (χ3v) is 3.51. The molecule has 116 valence electrons. The summed E-state index contributed by atoms with van der Waals surface area (Å²) in [5.74, 6) is -0.485. The summed E-state index contributed by atoms with van der Waals surface area (Å²) in [5.41, 5.74) is 0.433. The molecule has 21 heavy (non-hydrogen) atoms. The predicted molar refractivity (Wildman–Crippen MR) is 73.8 cm³/mol. The van der Waals surface area contributed by atoms with Gasteiger partial charge in [-0.15, -0.1) is 0 Å². The van der Waals surface area contributed by atoms with E-state index in [1.165, 1.54) is 14.2 Å². The summed E-state index contributed by atoms with van der Waals surface area (Å²) in [5, 5.41) is 10.1. The smallest absolute Gasteiger partial charge is 0.338 e. The molecule has 2 rings (SSSR count). The predicted octanol–water partition coefficient (Wildman–Crippen LogP) is 0.979. The highest BCUT2D eigenvalue weighted by atomic mass is 16.7. The Morgan fingerprint density at radius 3 is 2.38 bits per heavy atom. The number of carbonyl (C=O) groups is 1. The van der Waals surface area contributed by atoms with Crippen LogP contribution < -0.4 is 0 Å². The van der Waals surface area contributed by atoms with E-state index in [0.717, 1.165) is 0 Å². The Morgan fingerprint density at radius 2 is 1.81 bits per heavy atom. The van der Waals surface area contributed by atoms with Crippen molar-refractivity contribution in [2.24, 2.45) is 0 Å². The molecule has 0 spiro atoms. The van der Waals surface area contributed by atoms with Gasteiger partial charge in [-0.3, -0.25) is 0 Å². The van der Waals surface area contributed by atoms with Crippen molar-refractivity contribution in [2.75, 3.05) is 14.2 Å². The van der Waals surface area contributed by atoms with Crippen molar-refractivity contribution >= 4 is 5.97 Å². The summed E-state index contributed by atoms with van der Waals surface area (Å²) in [6.45, 7) is 1.74. The number of hydrogen-bond acceptors (Lipinski definition) is 6. The van der Waals surface area contributed by atoms with Crippen molar-refractivity contribution in [1.29, 1.82) is 0 Å². The second-order valence-electron chi connectivity index (χ2n) is 4.87. The fourth-order valence-corrected chi connectivity index (χ4v) is 2.38. The normalized spacial score (nSPS) is 32.7. The van der Waals surface area contributed by atoms with Crippen LogP contribution in [0.1, 0.15) is 17.3 Å². The Bertz CT molecular complexity index is 462. The summed E-state index contributed by atoms with van der Waals surface area (Å²) in [4.78, 5) is 12.1. The van der Waals surface area contributed by atoms with E-state index in [9.17, 15) is 9.90 Å². The molecule has 1 fully saturated rings. The lowest BCUT2D eigenvalue weighted by Crippen LogP contribution is -2.59. The van der Waals surface area contributed by atoms with Gasteiger partial charge in [0.2, 0.25) is 0 Å². The summed E-state index contributed by atoms with van der Waals surface area (Å²) < 4.78 is 21.3. The molecule has 0 saturated carbocycles. The van der Waals surface area contributed by atoms with Crippen molar-refractivity contribution in [3.8, 4) is 0 Å². The maximum Gasteiger partial charge on any atom is 0.338 e. The van der Waals surface area contributed by atoms with E-state index >= 15 is 0 Å². The lowest BCUT2D eigenvalue weighted by molar-refractivity contribution is -0.289. The van der Waals surface area contributed by atoms with Crippen LogP contribution in [0.4, 0.5) is 0 Å². The first-order chi connectivity index (χ1) is 10.1. The molecule has 1 aromatic rings. The van der Waals surface area contributed by atoms with Gasteiger partial charge in [-0.05, 0) is 19.1 Å². The van der Waals surface area contributed by atoms with Gasteiger partial charge in [0.1, 0.15) is 12.2 Å². The number of benzene rings is 1. The fourth-order valence-electron chi connectivity index (χ4n) is 2.38. The van der Waals surface area contributed by atoms with Gasteiger partial charge < -0.3 is 24.1 Å². The van der Waals surface area contributed by atoms with E-state index in [2.05, 4.69) is 0 Å². The first-order valence-electron chi connectivity index (χ1n) is 6.73. The van der Waals surface area contributed by atoms with Gasteiger partial charge in [0.25, 0.3) is 0 Å². The van der Waals surface area contributed by atoms with Crippen LogP contribution >= 0.6 is 0 Å². The minimum atomic E-state index is -1.04. The average Bonchev–Trinajstić information content (AvgIpc) is 2.51. The van der Waals surface area contributed by atoms with E-state index in [1.54, 1.807) is 31.2 Å². The molecule has 0 bridgehead atoms. The molecule has 5 atom stereocenters.